The highest BCUT2D eigenvalue weighted by Crippen LogP contribution is 2.18. The number of carbonyl (C=O) groups excluding carboxylic acids is 1. The second kappa shape index (κ2) is 6.54. The number of aryl methyl sites for hydroxylation is 1. The van der Waals surface area contributed by atoms with Gasteiger partial charge >= 0.3 is 5.97 Å². The van der Waals surface area contributed by atoms with Crippen LogP contribution in [-0.2, 0) is 4.79 Å². The number of nitrogens with zero attached hydrogens (tertiary/aromatic N) is 1. The molecule has 5 heteroatoms. The van der Waals surface area contributed by atoms with E-state index in [0.717, 1.165) is 10.0 Å². The van der Waals surface area contributed by atoms with Crippen LogP contribution in [0.15, 0.2) is 22.7 Å². The molecule has 0 aliphatic heterocycles. The summed E-state index contributed by atoms with van der Waals surface area (Å²) in [5.41, 5.74) is 1.62. The summed E-state index contributed by atoms with van der Waals surface area (Å²) in [4.78, 5) is 24.0. The van der Waals surface area contributed by atoms with Crippen molar-refractivity contribution < 1.29 is 14.7 Å². The molecule has 0 saturated carbocycles. The summed E-state index contributed by atoms with van der Waals surface area (Å²) >= 11 is 3.38. The smallest absolute Gasteiger partial charge is 0.303 e. The first kappa shape index (κ1) is 14.7. The summed E-state index contributed by atoms with van der Waals surface area (Å²) in [7, 11) is 1.68. The Labute approximate surface area is 115 Å². The van der Waals surface area contributed by atoms with E-state index in [9.17, 15) is 9.59 Å². The highest BCUT2D eigenvalue weighted by Gasteiger charge is 2.12. The van der Waals surface area contributed by atoms with Gasteiger partial charge in [-0.05, 0) is 37.1 Å². The van der Waals surface area contributed by atoms with E-state index >= 15 is 0 Å². The molecular formula is C13H16BrNO3. The Kier molecular flexibility index (Phi) is 5.34. The highest BCUT2D eigenvalue weighted by atomic mass is 79.9. The van der Waals surface area contributed by atoms with Crippen LogP contribution in [-0.4, -0.2) is 35.5 Å². The van der Waals surface area contributed by atoms with E-state index in [4.69, 9.17) is 5.11 Å². The molecule has 0 aromatic heterocycles. The van der Waals surface area contributed by atoms with Gasteiger partial charge in [0, 0.05) is 30.0 Å². The number of hydrogen-bond donors (Lipinski definition) is 1. The summed E-state index contributed by atoms with van der Waals surface area (Å²) in [6.07, 6.45) is 0.546. The number of hydrogen-bond acceptors (Lipinski definition) is 2. The van der Waals surface area contributed by atoms with Gasteiger partial charge in [-0.1, -0.05) is 15.9 Å². The minimum atomic E-state index is -0.838. The number of carboxylic acids is 1. The second-order valence-electron chi connectivity index (χ2n) is 4.19. The summed E-state index contributed by atoms with van der Waals surface area (Å²) in [5, 5.41) is 8.54. The molecule has 0 atom stereocenters. The Balaban J connectivity index is 2.62. The second-order valence-corrected chi connectivity index (χ2v) is 5.04. The maximum Gasteiger partial charge on any atom is 0.303 e. The molecule has 0 bridgehead atoms. The fraction of sp³-hybridized carbons (Fsp3) is 0.385. The number of rotatable bonds is 5. The van der Waals surface area contributed by atoms with Crippen molar-refractivity contribution in [2.75, 3.05) is 13.6 Å². The Hall–Kier alpha value is -1.36. The van der Waals surface area contributed by atoms with Crippen LogP contribution >= 0.6 is 15.9 Å². The molecule has 0 unspecified atom stereocenters. The molecule has 0 fully saturated rings. The Morgan fingerprint density at radius 3 is 2.61 bits per heavy atom. The number of carbonyl (C=O) groups is 2. The van der Waals surface area contributed by atoms with Gasteiger partial charge in [-0.3, -0.25) is 9.59 Å². The zero-order valence-electron chi connectivity index (χ0n) is 10.4. The van der Waals surface area contributed by atoms with Crippen molar-refractivity contribution in [3.63, 3.8) is 0 Å². The summed E-state index contributed by atoms with van der Waals surface area (Å²) in [5.74, 6) is -0.925. The first-order valence-electron chi connectivity index (χ1n) is 5.65. The third-order valence-corrected chi connectivity index (χ3v) is 3.53. The van der Waals surface area contributed by atoms with E-state index in [2.05, 4.69) is 15.9 Å². The predicted octanol–water partition coefficient (Wildman–Crippen LogP) is 2.69. The van der Waals surface area contributed by atoms with Gasteiger partial charge in [0.25, 0.3) is 5.91 Å². The predicted molar refractivity (Wildman–Crippen MR) is 72.7 cm³/mol. The molecule has 0 aliphatic carbocycles. The molecule has 0 heterocycles. The van der Waals surface area contributed by atoms with Crippen LogP contribution in [0.1, 0.15) is 28.8 Å². The van der Waals surface area contributed by atoms with E-state index in [1.54, 1.807) is 18.0 Å². The van der Waals surface area contributed by atoms with Crippen LogP contribution < -0.4 is 0 Å². The average molecular weight is 314 g/mol. The first-order valence-corrected chi connectivity index (χ1v) is 6.44. The molecule has 18 heavy (non-hydrogen) atoms. The molecule has 0 spiro atoms. The van der Waals surface area contributed by atoms with Gasteiger partial charge in [0.15, 0.2) is 0 Å². The maximum atomic E-state index is 12.0. The van der Waals surface area contributed by atoms with Crippen LogP contribution in [0.25, 0.3) is 0 Å². The van der Waals surface area contributed by atoms with Crippen LogP contribution in [0.3, 0.4) is 0 Å². The van der Waals surface area contributed by atoms with E-state index < -0.39 is 5.97 Å². The molecule has 0 radical (unpaired) electrons. The van der Waals surface area contributed by atoms with Crippen molar-refractivity contribution in [2.24, 2.45) is 0 Å². The normalized spacial score (nSPS) is 10.2. The van der Waals surface area contributed by atoms with E-state index in [1.807, 2.05) is 19.1 Å². The molecule has 0 saturated heterocycles. The minimum absolute atomic E-state index is 0.0803. The average Bonchev–Trinajstić information content (AvgIpc) is 2.31. The zero-order valence-corrected chi connectivity index (χ0v) is 12.0. The van der Waals surface area contributed by atoms with Crippen molar-refractivity contribution in [2.45, 2.75) is 19.8 Å². The third-order valence-electron chi connectivity index (χ3n) is 2.64. The van der Waals surface area contributed by atoms with Crippen molar-refractivity contribution in [1.29, 1.82) is 0 Å². The molecule has 0 aliphatic rings. The van der Waals surface area contributed by atoms with Gasteiger partial charge in [0.1, 0.15) is 0 Å². The lowest BCUT2D eigenvalue weighted by molar-refractivity contribution is -0.137. The third kappa shape index (κ3) is 4.14. The molecule has 98 valence electrons. The van der Waals surface area contributed by atoms with E-state index in [-0.39, 0.29) is 12.3 Å². The van der Waals surface area contributed by atoms with Crippen molar-refractivity contribution in [1.82, 2.24) is 4.90 Å². The monoisotopic (exact) mass is 313 g/mol. The van der Waals surface area contributed by atoms with Crippen LogP contribution in [0.2, 0.25) is 0 Å². The standard InChI is InChI=1S/C13H16BrNO3/c1-9-8-10(5-6-11(9)14)13(18)15(2)7-3-4-12(16)17/h5-6,8H,3-4,7H2,1-2H3,(H,16,17). The Bertz CT molecular complexity index is 460. The van der Waals surface area contributed by atoms with Crippen LogP contribution in [0, 0.1) is 6.92 Å². The van der Waals surface area contributed by atoms with Crippen LogP contribution in [0.5, 0.6) is 0 Å². The molecular weight excluding hydrogens is 298 g/mol. The number of amides is 1. The summed E-state index contributed by atoms with van der Waals surface area (Å²) in [6.45, 7) is 2.37. The van der Waals surface area contributed by atoms with Gasteiger partial charge in [-0.2, -0.15) is 0 Å². The lowest BCUT2D eigenvalue weighted by Crippen LogP contribution is -2.28. The molecule has 1 N–H and O–H groups in total. The minimum Gasteiger partial charge on any atom is -0.481 e. The molecule has 1 amide bonds. The molecule has 1 aromatic carbocycles. The SMILES string of the molecule is Cc1cc(C(=O)N(C)CCCC(=O)O)ccc1Br. The number of halogens is 1. The van der Waals surface area contributed by atoms with Gasteiger partial charge in [0.2, 0.25) is 0 Å². The summed E-state index contributed by atoms with van der Waals surface area (Å²) in [6, 6.07) is 5.42. The first-order chi connectivity index (χ1) is 8.41. The van der Waals surface area contributed by atoms with Crippen molar-refractivity contribution in [3.05, 3.63) is 33.8 Å². The molecule has 1 rings (SSSR count). The van der Waals surface area contributed by atoms with E-state index in [0.29, 0.717) is 18.5 Å². The Morgan fingerprint density at radius 1 is 1.39 bits per heavy atom. The van der Waals surface area contributed by atoms with Gasteiger partial charge in [0.05, 0.1) is 0 Å². The fourth-order valence-corrected chi connectivity index (χ4v) is 1.81. The van der Waals surface area contributed by atoms with Gasteiger partial charge in [-0.25, -0.2) is 0 Å². The largest absolute Gasteiger partial charge is 0.481 e. The Morgan fingerprint density at radius 2 is 2.06 bits per heavy atom. The summed E-state index contributed by atoms with van der Waals surface area (Å²) < 4.78 is 0.965. The number of carboxylic acid groups (broad SMARTS) is 1. The van der Waals surface area contributed by atoms with Gasteiger partial charge < -0.3 is 10.0 Å². The van der Waals surface area contributed by atoms with Crippen LogP contribution in [0.4, 0.5) is 0 Å². The van der Waals surface area contributed by atoms with E-state index in [1.165, 1.54) is 0 Å². The highest BCUT2D eigenvalue weighted by molar-refractivity contribution is 9.10. The topological polar surface area (TPSA) is 57.6 Å². The number of aliphatic carboxylic acids is 1. The maximum absolute atomic E-state index is 12.0. The quantitative estimate of drug-likeness (QED) is 0.909. The zero-order chi connectivity index (χ0) is 13.7. The fourth-order valence-electron chi connectivity index (χ4n) is 1.57. The lowest BCUT2D eigenvalue weighted by Gasteiger charge is -2.17. The molecule has 1 aromatic rings. The van der Waals surface area contributed by atoms with Crippen molar-refractivity contribution >= 4 is 27.8 Å². The lowest BCUT2D eigenvalue weighted by atomic mass is 10.1. The van der Waals surface area contributed by atoms with Gasteiger partial charge in [-0.15, -0.1) is 0 Å². The van der Waals surface area contributed by atoms with Crippen molar-refractivity contribution in [3.8, 4) is 0 Å². The molecule has 4 nitrogen and oxygen atoms in total. The number of benzene rings is 1.